The third kappa shape index (κ3) is 3.40. The number of aryl methyl sites for hydroxylation is 1. The number of carbonyl (C=O) groups is 1. The van der Waals surface area contributed by atoms with Crippen LogP contribution in [0.15, 0.2) is 23.4 Å². The van der Waals surface area contributed by atoms with Crippen LogP contribution in [0.3, 0.4) is 0 Å². The summed E-state index contributed by atoms with van der Waals surface area (Å²) < 4.78 is 13.0. The van der Waals surface area contributed by atoms with Gasteiger partial charge in [0.1, 0.15) is 0 Å². The molecule has 0 spiro atoms. The largest absolute Gasteiger partial charge is 0.454 e. The molecule has 6 nitrogen and oxygen atoms in total. The Morgan fingerprint density at radius 2 is 2.12 bits per heavy atom. The van der Waals surface area contributed by atoms with E-state index < -0.39 is 0 Å². The number of rotatable bonds is 6. The molecule has 2 heterocycles. The molecule has 4 rings (SSSR count). The van der Waals surface area contributed by atoms with E-state index in [4.69, 9.17) is 9.47 Å². The number of fused-ring (bicyclic) bond motifs is 1. The van der Waals surface area contributed by atoms with Crippen molar-refractivity contribution < 1.29 is 14.3 Å². The molecule has 7 heteroatoms. The van der Waals surface area contributed by atoms with Crippen LogP contribution in [0.4, 0.5) is 0 Å². The minimum Gasteiger partial charge on any atom is -0.454 e. The minimum absolute atomic E-state index is 0.000759. The lowest BCUT2D eigenvalue weighted by atomic mass is 10.1. The molecule has 1 aromatic carbocycles. The third-order valence-corrected chi connectivity index (χ3v) is 5.83. The van der Waals surface area contributed by atoms with Crippen molar-refractivity contribution in [3.8, 4) is 11.5 Å². The van der Waals surface area contributed by atoms with Gasteiger partial charge in [0.25, 0.3) is 0 Å². The van der Waals surface area contributed by atoms with Crippen LogP contribution in [0.5, 0.6) is 11.5 Å². The number of nitrogens with one attached hydrogen (secondary N) is 1. The molecule has 0 radical (unpaired) electrons. The molecule has 0 saturated heterocycles. The van der Waals surface area contributed by atoms with Crippen LogP contribution in [0.2, 0.25) is 0 Å². The molecule has 1 saturated carbocycles. The Morgan fingerprint density at radius 1 is 1.35 bits per heavy atom. The molecule has 1 N–H and O–H groups in total. The predicted octanol–water partition coefficient (Wildman–Crippen LogP) is 3.53. The lowest BCUT2D eigenvalue weighted by Crippen LogP contribution is -2.28. The first-order valence-electron chi connectivity index (χ1n) is 8.90. The smallest absolute Gasteiger partial charge is 0.231 e. The van der Waals surface area contributed by atoms with Crippen molar-refractivity contribution in [2.24, 2.45) is 0 Å². The van der Waals surface area contributed by atoms with E-state index in [0.29, 0.717) is 11.8 Å². The number of hydrogen-bond acceptors (Lipinski definition) is 5. The summed E-state index contributed by atoms with van der Waals surface area (Å²) in [5.74, 6) is 1.84. The van der Waals surface area contributed by atoms with E-state index >= 15 is 0 Å². The Kier molecular flexibility index (Phi) is 4.56. The van der Waals surface area contributed by atoms with E-state index in [1.165, 1.54) is 30.3 Å². The van der Waals surface area contributed by atoms with Gasteiger partial charge in [0, 0.05) is 11.7 Å². The highest BCUT2D eigenvalue weighted by Crippen LogP contribution is 2.40. The molecule has 1 atom stereocenters. The van der Waals surface area contributed by atoms with Crippen LogP contribution >= 0.6 is 11.8 Å². The second-order valence-electron chi connectivity index (χ2n) is 6.86. The number of ether oxygens (including phenoxy) is 2. The van der Waals surface area contributed by atoms with Crippen LogP contribution in [0.25, 0.3) is 0 Å². The highest BCUT2D eigenvalue weighted by atomic mass is 32.2. The summed E-state index contributed by atoms with van der Waals surface area (Å²) in [7, 11) is 0. The Morgan fingerprint density at radius 3 is 2.88 bits per heavy atom. The molecule has 0 bridgehead atoms. The van der Waals surface area contributed by atoms with E-state index in [0.717, 1.165) is 27.9 Å². The van der Waals surface area contributed by atoms with Crippen molar-refractivity contribution in [1.82, 2.24) is 14.9 Å². The van der Waals surface area contributed by atoms with Crippen LogP contribution in [0, 0.1) is 13.8 Å². The zero-order valence-corrected chi connectivity index (χ0v) is 16.1. The fourth-order valence-electron chi connectivity index (χ4n) is 3.14. The molecule has 1 aliphatic heterocycles. The molecule has 1 aromatic heterocycles. The summed E-state index contributed by atoms with van der Waals surface area (Å²) in [6, 6.07) is 6.23. The number of carbonyl (C=O) groups excluding carboxylic acids is 1. The number of amides is 1. The van der Waals surface area contributed by atoms with Crippen LogP contribution in [-0.2, 0) is 4.79 Å². The minimum atomic E-state index is -0.0933. The first kappa shape index (κ1) is 17.3. The molecule has 2 aliphatic rings. The predicted molar refractivity (Wildman–Crippen MR) is 99.8 cm³/mol. The van der Waals surface area contributed by atoms with E-state index in [1.807, 2.05) is 32.0 Å². The molecule has 0 unspecified atom stereocenters. The summed E-state index contributed by atoms with van der Waals surface area (Å²) in [5, 5.41) is 4.00. The van der Waals surface area contributed by atoms with Crippen molar-refractivity contribution in [2.75, 3.05) is 12.5 Å². The van der Waals surface area contributed by atoms with Gasteiger partial charge in [-0.1, -0.05) is 17.8 Å². The maximum Gasteiger partial charge on any atom is 0.231 e. The first-order chi connectivity index (χ1) is 12.5. The summed E-state index contributed by atoms with van der Waals surface area (Å²) in [6.45, 7) is 6.36. The number of nitrogens with zero attached hydrogens (tertiary/aromatic N) is 2. The maximum absolute atomic E-state index is 12.4. The SMILES string of the molecule is Cc1nc(SCC(=O)N[C@@H](C)c2ccc3c(c2)OCO3)n(C2CC2)c1C. The fraction of sp³-hybridized carbons (Fsp3) is 0.474. The molecule has 2 aromatic rings. The number of aromatic nitrogens is 2. The number of benzene rings is 1. The van der Waals surface area contributed by atoms with Gasteiger partial charge in [-0.15, -0.1) is 0 Å². The highest BCUT2D eigenvalue weighted by Gasteiger charge is 2.29. The van der Waals surface area contributed by atoms with E-state index in [2.05, 4.69) is 21.8 Å². The zero-order chi connectivity index (χ0) is 18.3. The Bertz CT molecular complexity index is 845. The normalized spacial score (nSPS) is 16.6. The first-order valence-corrected chi connectivity index (χ1v) is 9.88. The van der Waals surface area contributed by atoms with Gasteiger partial charge in [0.2, 0.25) is 12.7 Å². The maximum atomic E-state index is 12.4. The molecule has 1 amide bonds. The number of hydrogen-bond donors (Lipinski definition) is 1. The van der Waals surface area contributed by atoms with Gasteiger partial charge in [-0.2, -0.15) is 0 Å². The van der Waals surface area contributed by atoms with E-state index in [1.54, 1.807) is 0 Å². The van der Waals surface area contributed by atoms with Crippen molar-refractivity contribution in [3.63, 3.8) is 0 Å². The second kappa shape index (κ2) is 6.87. The number of thioether (sulfide) groups is 1. The van der Waals surface area contributed by atoms with Crippen molar-refractivity contribution >= 4 is 17.7 Å². The van der Waals surface area contributed by atoms with Crippen molar-refractivity contribution in [1.29, 1.82) is 0 Å². The standard InChI is InChI=1S/C19H23N3O3S/c1-11-13(3)22(15-5-6-15)19(21-11)26-9-18(23)20-12(2)14-4-7-16-17(8-14)25-10-24-16/h4,7-8,12,15H,5-6,9-10H2,1-3H3,(H,20,23)/t12-/m0/s1. The zero-order valence-electron chi connectivity index (χ0n) is 15.2. The molecule has 1 aliphatic carbocycles. The fourth-order valence-corrected chi connectivity index (χ4v) is 4.11. The molecular formula is C19H23N3O3S. The highest BCUT2D eigenvalue weighted by molar-refractivity contribution is 7.99. The molecule has 138 valence electrons. The molecule has 1 fully saturated rings. The average molecular weight is 373 g/mol. The quantitative estimate of drug-likeness (QED) is 0.785. The van der Waals surface area contributed by atoms with Gasteiger partial charge >= 0.3 is 0 Å². The second-order valence-corrected chi connectivity index (χ2v) is 7.80. The third-order valence-electron chi connectivity index (χ3n) is 4.87. The Hall–Kier alpha value is -2.15. The van der Waals surface area contributed by atoms with Gasteiger partial charge < -0.3 is 19.4 Å². The van der Waals surface area contributed by atoms with E-state index in [9.17, 15) is 4.79 Å². The van der Waals surface area contributed by atoms with Crippen molar-refractivity contribution in [3.05, 3.63) is 35.2 Å². The van der Waals surface area contributed by atoms with Crippen LogP contribution < -0.4 is 14.8 Å². The summed E-state index contributed by atoms with van der Waals surface area (Å²) >= 11 is 1.51. The molecule has 26 heavy (non-hydrogen) atoms. The summed E-state index contributed by atoms with van der Waals surface area (Å²) in [4.78, 5) is 17.0. The number of imidazole rings is 1. The van der Waals surface area contributed by atoms with Gasteiger partial charge in [-0.25, -0.2) is 4.98 Å². The monoisotopic (exact) mass is 373 g/mol. The van der Waals surface area contributed by atoms with Gasteiger partial charge in [0.15, 0.2) is 16.7 Å². The average Bonchev–Trinajstić information content (AvgIpc) is 3.26. The topological polar surface area (TPSA) is 65.4 Å². The van der Waals surface area contributed by atoms with Gasteiger partial charge in [-0.05, 0) is 51.3 Å². The summed E-state index contributed by atoms with van der Waals surface area (Å²) in [5.41, 5.74) is 3.26. The van der Waals surface area contributed by atoms with E-state index in [-0.39, 0.29) is 18.7 Å². The summed E-state index contributed by atoms with van der Waals surface area (Å²) in [6.07, 6.45) is 2.41. The molecular weight excluding hydrogens is 350 g/mol. The van der Waals surface area contributed by atoms with Crippen LogP contribution in [0.1, 0.15) is 48.8 Å². The lowest BCUT2D eigenvalue weighted by molar-refractivity contribution is -0.119. The van der Waals surface area contributed by atoms with Crippen molar-refractivity contribution in [2.45, 2.75) is 50.9 Å². The lowest BCUT2D eigenvalue weighted by Gasteiger charge is -2.15. The van der Waals surface area contributed by atoms with Gasteiger partial charge in [0.05, 0.1) is 17.5 Å². The van der Waals surface area contributed by atoms with Gasteiger partial charge in [-0.3, -0.25) is 4.79 Å². The van der Waals surface area contributed by atoms with Crippen LogP contribution in [-0.4, -0.2) is 28.0 Å². The Balaban J connectivity index is 1.36. The Labute approximate surface area is 157 Å².